The molecule has 3 amide bonds. The predicted molar refractivity (Wildman–Crippen MR) is 99.5 cm³/mol. The molecule has 0 spiro atoms. The van der Waals surface area contributed by atoms with E-state index in [0.29, 0.717) is 30.3 Å². The van der Waals surface area contributed by atoms with Crippen LogP contribution in [0.25, 0.3) is 0 Å². The number of hydrogen-bond acceptors (Lipinski definition) is 4. The Balaban J connectivity index is 1.59. The summed E-state index contributed by atoms with van der Waals surface area (Å²) < 4.78 is 5.48. The minimum atomic E-state index is -0.833. The van der Waals surface area contributed by atoms with Gasteiger partial charge in [-0.25, -0.2) is 4.79 Å². The highest BCUT2D eigenvalue weighted by Gasteiger charge is 2.17. The molecule has 1 fully saturated rings. The second-order valence-electron chi connectivity index (χ2n) is 6.35. The van der Waals surface area contributed by atoms with Gasteiger partial charge in [-0.2, -0.15) is 0 Å². The van der Waals surface area contributed by atoms with Crippen LogP contribution in [-0.2, 0) is 4.79 Å². The molecule has 1 aromatic carbocycles. The Morgan fingerprint density at radius 3 is 2.92 bits per heavy atom. The molecule has 0 saturated carbocycles. The molecule has 8 heteroatoms. The van der Waals surface area contributed by atoms with Gasteiger partial charge in [-0.1, -0.05) is 11.6 Å². The second-order valence-corrected chi connectivity index (χ2v) is 6.76. The van der Waals surface area contributed by atoms with Crippen molar-refractivity contribution in [1.82, 2.24) is 15.5 Å². The third-order valence-electron chi connectivity index (χ3n) is 4.16. The summed E-state index contributed by atoms with van der Waals surface area (Å²) >= 11 is 5.95. The fourth-order valence-corrected chi connectivity index (χ4v) is 2.75. The minimum Gasteiger partial charge on any atom is -0.491 e. The van der Waals surface area contributed by atoms with Crippen molar-refractivity contribution in [1.29, 1.82) is 0 Å². The summed E-state index contributed by atoms with van der Waals surface area (Å²) in [7, 11) is 0. The van der Waals surface area contributed by atoms with E-state index in [0.717, 1.165) is 24.9 Å². The number of aryl methyl sites for hydroxylation is 1. The number of rotatable bonds is 8. The molecule has 0 aromatic heterocycles. The molecule has 1 heterocycles. The third-order valence-corrected chi connectivity index (χ3v) is 4.58. The molecular weight excluding hydrogens is 358 g/mol. The van der Waals surface area contributed by atoms with Crippen LogP contribution < -0.4 is 15.4 Å². The van der Waals surface area contributed by atoms with Crippen LogP contribution in [0.4, 0.5) is 4.79 Å². The van der Waals surface area contributed by atoms with Crippen LogP contribution in [-0.4, -0.2) is 60.8 Å². The molecule has 1 aliphatic rings. The fourth-order valence-electron chi connectivity index (χ4n) is 2.63. The first kappa shape index (κ1) is 20.3. The van der Waals surface area contributed by atoms with Crippen LogP contribution in [0.3, 0.4) is 0 Å². The van der Waals surface area contributed by atoms with Gasteiger partial charge in [0.15, 0.2) is 0 Å². The van der Waals surface area contributed by atoms with Crippen molar-refractivity contribution in [2.24, 2.45) is 0 Å². The smallest absolute Gasteiger partial charge is 0.314 e. The number of amides is 3. The first-order chi connectivity index (χ1) is 12.5. The monoisotopic (exact) mass is 383 g/mol. The molecule has 1 aromatic rings. The van der Waals surface area contributed by atoms with Gasteiger partial charge in [0.2, 0.25) is 5.91 Å². The number of urea groups is 1. The number of likely N-dealkylation sites (tertiary alicyclic amines) is 1. The Kier molecular flexibility index (Phi) is 8.00. The maximum atomic E-state index is 11.7. The zero-order valence-corrected chi connectivity index (χ0v) is 15.7. The number of aliphatic hydroxyl groups excluding tert-OH is 1. The van der Waals surface area contributed by atoms with Crippen molar-refractivity contribution in [3.05, 3.63) is 28.8 Å². The number of ether oxygens (including phenoxy) is 1. The average Bonchev–Trinajstić information content (AvgIpc) is 2.62. The number of piperidine rings is 1. The lowest BCUT2D eigenvalue weighted by Gasteiger charge is -2.26. The van der Waals surface area contributed by atoms with Crippen molar-refractivity contribution in [3.8, 4) is 5.75 Å². The van der Waals surface area contributed by atoms with E-state index in [4.69, 9.17) is 16.3 Å². The van der Waals surface area contributed by atoms with Gasteiger partial charge >= 0.3 is 6.03 Å². The van der Waals surface area contributed by atoms with E-state index in [1.807, 2.05) is 6.92 Å². The minimum absolute atomic E-state index is 0.0592. The molecule has 0 radical (unpaired) electrons. The summed E-state index contributed by atoms with van der Waals surface area (Å²) in [5.41, 5.74) is 0.892. The van der Waals surface area contributed by atoms with Crippen molar-refractivity contribution in [3.63, 3.8) is 0 Å². The van der Waals surface area contributed by atoms with Gasteiger partial charge in [0.05, 0.1) is 0 Å². The zero-order valence-electron chi connectivity index (χ0n) is 15.0. The number of hydrogen-bond donors (Lipinski definition) is 3. The molecule has 144 valence electrons. The molecular formula is C18H26ClN3O4. The Morgan fingerprint density at radius 1 is 1.38 bits per heavy atom. The summed E-state index contributed by atoms with van der Waals surface area (Å²) in [6.07, 6.45) is 1.71. The lowest BCUT2D eigenvalue weighted by molar-refractivity contribution is -0.133. The van der Waals surface area contributed by atoms with E-state index in [1.165, 1.54) is 0 Å². The fraction of sp³-hybridized carbons (Fsp3) is 0.556. The molecule has 2 rings (SSSR count). The quantitative estimate of drug-likeness (QED) is 0.637. The zero-order chi connectivity index (χ0) is 18.9. The van der Waals surface area contributed by atoms with Gasteiger partial charge in [-0.05, 0) is 43.5 Å². The SMILES string of the molecule is Cc1cc(OC[C@H](O)CNC(=O)NCCN2CCCCC2=O)ccc1Cl. The van der Waals surface area contributed by atoms with Crippen molar-refractivity contribution < 1.29 is 19.4 Å². The highest BCUT2D eigenvalue weighted by Crippen LogP contribution is 2.21. The van der Waals surface area contributed by atoms with E-state index in [9.17, 15) is 14.7 Å². The van der Waals surface area contributed by atoms with E-state index in [1.54, 1.807) is 23.1 Å². The number of carbonyl (C=O) groups excluding carboxylic acids is 2. The predicted octanol–water partition coefficient (Wildman–Crippen LogP) is 1.70. The average molecular weight is 384 g/mol. The summed E-state index contributed by atoms with van der Waals surface area (Å²) in [5.74, 6) is 0.755. The van der Waals surface area contributed by atoms with Gasteiger partial charge in [0.1, 0.15) is 18.5 Å². The van der Waals surface area contributed by atoms with Crippen LogP contribution in [0, 0.1) is 6.92 Å². The Hall–Kier alpha value is -1.99. The summed E-state index contributed by atoms with van der Waals surface area (Å²) in [6.45, 7) is 3.64. The second kappa shape index (κ2) is 10.2. The van der Waals surface area contributed by atoms with Gasteiger partial charge < -0.3 is 25.4 Å². The summed E-state index contributed by atoms with van der Waals surface area (Å²) in [4.78, 5) is 25.2. The van der Waals surface area contributed by atoms with Gasteiger partial charge in [-0.3, -0.25) is 4.79 Å². The summed E-state index contributed by atoms with van der Waals surface area (Å²) in [5, 5.41) is 15.8. The summed E-state index contributed by atoms with van der Waals surface area (Å²) in [6, 6.07) is 4.87. The standard InChI is InChI=1S/C18H26ClN3O4/c1-13-10-15(5-6-16(13)19)26-12-14(23)11-21-18(25)20-7-9-22-8-3-2-4-17(22)24/h5-6,10,14,23H,2-4,7-9,11-12H2,1H3,(H2,20,21,25)/t14-/m1/s1. The third kappa shape index (κ3) is 6.72. The Bertz CT molecular complexity index is 626. The van der Waals surface area contributed by atoms with Crippen LogP contribution in [0.2, 0.25) is 5.02 Å². The highest BCUT2D eigenvalue weighted by atomic mass is 35.5. The molecule has 0 bridgehead atoms. The number of benzene rings is 1. The number of nitrogens with one attached hydrogen (secondary N) is 2. The number of aliphatic hydroxyl groups is 1. The van der Waals surface area contributed by atoms with E-state index >= 15 is 0 Å². The molecule has 0 unspecified atom stereocenters. The normalized spacial score (nSPS) is 15.5. The molecule has 1 aliphatic heterocycles. The van der Waals surface area contributed by atoms with Crippen LogP contribution in [0.1, 0.15) is 24.8 Å². The first-order valence-corrected chi connectivity index (χ1v) is 9.20. The van der Waals surface area contributed by atoms with E-state index in [-0.39, 0.29) is 25.1 Å². The topological polar surface area (TPSA) is 90.9 Å². The molecule has 1 atom stereocenters. The maximum absolute atomic E-state index is 11.7. The molecule has 26 heavy (non-hydrogen) atoms. The van der Waals surface area contributed by atoms with Crippen molar-refractivity contribution >= 4 is 23.5 Å². The number of halogens is 1. The molecule has 1 saturated heterocycles. The first-order valence-electron chi connectivity index (χ1n) is 8.82. The van der Waals surface area contributed by atoms with Gasteiger partial charge in [0, 0.05) is 37.6 Å². The van der Waals surface area contributed by atoms with Crippen LogP contribution in [0.5, 0.6) is 5.75 Å². The lowest BCUT2D eigenvalue weighted by atomic mass is 10.1. The maximum Gasteiger partial charge on any atom is 0.314 e. The van der Waals surface area contributed by atoms with Crippen LogP contribution in [0.15, 0.2) is 18.2 Å². The van der Waals surface area contributed by atoms with E-state index in [2.05, 4.69) is 10.6 Å². The molecule has 3 N–H and O–H groups in total. The van der Waals surface area contributed by atoms with Crippen molar-refractivity contribution in [2.45, 2.75) is 32.3 Å². The molecule has 0 aliphatic carbocycles. The van der Waals surface area contributed by atoms with Crippen LogP contribution >= 0.6 is 11.6 Å². The molecule has 7 nitrogen and oxygen atoms in total. The highest BCUT2D eigenvalue weighted by molar-refractivity contribution is 6.31. The number of nitrogens with zero attached hydrogens (tertiary/aromatic N) is 1. The Morgan fingerprint density at radius 2 is 2.19 bits per heavy atom. The van der Waals surface area contributed by atoms with Crippen molar-refractivity contribution in [2.75, 3.05) is 32.8 Å². The lowest BCUT2D eigenvalue weighted by Crippen LogP contribution is -2.45. The van der Waals surface area contributed by atoms with Gasteiger partial charge in [-0.15, -0.1) is 0 Å². The van der Waals surface area contributed by atoms with E-state index < -0.39 is 6.10 Å². The number of carbonyl (C=O) groups is 2. The Labute approximate surface area is 158 Å². The van der Waals surface area contributed by atoms with Gasteiger partial charge in [0.25, 0.3) is 0 Å². The largest absolute Gasteiger partial charge is 0.491 e.